The quantitative estimate of drug-likeness (QED) is 0.283. The lowest BCUT2D eigenvalue weighted by atomic mass is 10.1. The number of nitrogens with one attached hydrogen (secondary N) is 2. The fourth-order valence-corrected chi connectivity index (χ4v) is 2.69. The zero-order valence-electron chi connectivity index (χ0n) is 17.2. The number of benzene rings is 1. The van der Waals surface area contributed by atoms with Crippen molar-refractivity contribution < 1.29 is 19.0 Å². The lowest BCUT2D eigenvalue weighted by Crippen LogP contribution is -2.24. The monoisotopic (exact) mass is 429 g/mol. The summed E-state index contributed by atoms with van der Waals surface area (Å²) in [5, 5.41) is 2.87. The van der Waals surface area contributed by atoms with E-state index in [0.717, 1.165) is 11.1 Å². The number of carbonyl (C=O) groups excluding carboxylic acids is 1. The number of nitrogen functional groups attached to an aromatic ring is 1. The molecule has 2 aromatic heterocycles. The number of rotatable bonds is 13. The highest BCUT2D eigenvalue weighted by Crippen LogP contribution is 2.20. The van der Waals surface area contributed by atoms with Crippen molar-refractivity contribution in [3.05, 3.63) is 41.7 Å². The van der Waals surface area contributed by atoms with Gasteiger partial charge in [0.05, 0.1) is 32.8 Å². The van der Waals surface area contributed by atoms with Crippen molar-refractivity contribution in [2.24, 2.45) is 5.73 Å². The van der Waals surface area contributed by atoms with Crippen molar-refractivity contribution >= 4 is 23.0 Å². The van der Waals surface area contributed by atoms with Gasteiger partial charge in [-0.05, 0) is 11.1 Å². The van der Waals surface area contributed by atoms with Crippen LogP contribution in [0, 0.1) is 0 Å². The van der Waals surface area contributed by atoms with Crippen LogP contribution in [0.5, 0.6) is 5.88 Å². The van der Waals surface area contributed by atoms with E-state index in [1.807, 2.05) is 24.3 Å². The Labute approximate surface area is 179 Å². The van der Waals surface area contributed by atoms with Crippen molar-refractivity contribution in [3.63, 3.8) is 0 Å². The van der Waals surface area contributed by atoms with Crippen LogP contribution in [0.1, 0.15) is 17.5 Å². The van der Waals surface area contributed by atoms with Crippen molar-refractivity contribution in [3.8, 4) is 5.88 Å². The number of amides is 1. The van der Waals surface area contributed by atoms with Gasteiger partial charge in [0.25, 0.3) is 0 Å². The van der Waals surface area contributed by atoms with Crippen LogP contribution in [-0.4, -0.2) is 58.8 Å². The van der Waals surface area contributed by atoms with Crippen LogP contribution in [-0.2, 0) is 27.4 Å². The molecule has 0 atom stereocenters. The Balaban J connectivity index is 1.37. The second kappa shape index (κ2) is 11.8. The molecule has 0 saturated carbocycles. The van der Waals surface area contributed by atoms with Gasteiger partial charge in [0.2, 0.25) is 17.7 Å². The van der Waals surface area contributed by atoms with Gasteiger partial charge in [0.1, 0.15) is 12.1 Å². The van der Waals surface area contributed by atoms with Crippen LogP contribution < -0.4 is 21.5 Å². The lowest BCUT2D eigenvalue weighted by molar-refractivity contribution is -0.122. The highest BCUT2D eigenvalue weighted by Gasteiger charge is 2.10. The normalized spacial score (nSPS) is 11.0. The van der Waals surface area contributed by atoms with Gasteiger partial charge in [-0.1, -0.05) is 24.3 Å². The van der Waals surface area contributed by atoms with Gasteiger partial charge in [-0.15, -0.1) is 0 Å². The maximum Gasteiger partial charge on any atom is 0.245 e. The summed E-state index contributed by atoms with van der Waals surface area (Å²) in [6.07, 6.45) is 1.81. The van der Waals surface area contributed by atoms with Crippen LogP contribution >= 0.6 is 0 Å². The van der Waals surface area contributed by atoms with E-state index in [1.165, 1.54) is 6.33 Å². The zero-order chi connectivity index (χ0) is 21.9. The number of carbonyl (C=O) groups is 1. The van der Waals surface area contributed by atoms with E-state index < -0.39 is 0 Å². The number of fused-ring (bicyclic) bond motifs is 1. The SMILES string of the molecule is NCCOCCOCCC(=O)NCc1ccc(COc2nc(N)nc3nc[nH]c23)cc1. The van der Waals surface area contributed by atoms with Gasteiger partial charge in [-0.25, -0.2) is 4.98 Å². The van der Waals surface area contributed by atoms with Gasteiger partial charge >= 0.3 is 0 Å². The fraction of sp³-hybridized carbons (Fsp3) is 0.400. The topological polar surface area (TPSA) is 163 Å². The molecular weight excluding hydrogens is 402 g/mol. The summed E-state index contributed by atoms with van der Waals surface area (Å²) in [6.45, 7) is 3.03. The third-order valence-electron chi connectivity index (χ3n) is 4.27. The largest absolute Gasteiger partial charge is 0.471 e. The third-order valence-corrected chi connectivity index (χ3v) is 4.27. The third kappa shape index (κ3) is 7.17. The molecule has 11 nitrogen and oxygen atoms in total. The molecule has 166 valence electrons. The molecule has 0 fully saturated rings. The van der Waals surface area contributed by atoms with Crippen molar-refractivity contribution in [2.45, 2.75) is 19.6 Å². The van der Waals surface area contributed by atoms with E-state index in [9.17, 15) is 4.79 Å². The molecule has 31 heavy (non-hydrogen) atoms. The molecule has 2 heterocycles. The fourth-order valence-electron chi connectivity index (χ4n) is 2.69. The molecule has 1 amide bonds. The predicted molar refractivity (Wildman–Crippen MR) is 114 cm³/mol. The molecule has 0 saturated heterocycles. The molecule has 0 aliphatic heterocycles. The van der Waals surface area contributed by atoms with E-state index in [2.05, 4.69) is 25.3 Å². The molecule has 3 rings (SSSR count). The number of nitrogens with zero attached hydrogens (tertiary/aromatic N) is 3. The van der Waals surface area contributed by atoms with Gasteiger partial charge in [0, 0.05) is 19.5 Å². The maximum absolute atomic E-state index is 11.9. The van der Waals surface area contributed by atoms with Crippen molar-refractivity contribution in [1.29, 1.82) is 0 Å². The number of anilines is 1. The minimum atomic E-state index is -0.0692. The van der Waals surface area contributed by atoms with Gasteiger partial charge in [-0.3, -0.25) is 4.79 Å². The highest BCUT2D eigenvalue weighted by atomic mass is 16.5. The summed E-state index contributed by atoms with van der Waals surface area (Å²) < 4.78 is 16.3. The second-order valence-electron chi connectivity index (χ2n) is 6.63. The van der Waals surface area contributed by atoms with Crippen molar-refractivity contribution in [1.82, 2.24) is 25.3 Å². The Hall–Kier alpha value is -3.28. The van der Waals surface area contributed by atoms with Crippen molar-refractivity contribution in [2.75, 3.05) is 38.7 Å². The molecule has 11 heteroatoms. The Bertz CT molecular complexity index is 962. The van der Waals surface area contributed by atoms with Crippen LogP contribution in [0.4, 0.5) is 5.95 Å². The Morgan fingerprint density at radius 1 is 1.03 bits per heavy atom. The molecule has 6 N–H and O–H groups in total. The average Bonchev–Trinajstić information content (AvgIpc) is 3.24. The summed E-state index contributed by atoms with van der Waals surface area (Å²) in [4.78, 5) is 27.0. The number of hydrogen-bond donors (Lipinski definition) is 4. The number of ether oxygens (including phenoxy) is 3. The molecule has 0 unspecified atom stereocenters. The second-order valence-corrected chi connectivity index (χ2v) is 6.63. The Morgan fingerprint density at radius 2 is 1.77 bits per heavy atom. The van der Waals surface area contributed by atoms with E-state index in [0.29, 0.717) is 69.6 Å². The number of aromatic nitrogens is 4. The first-order valence-corrected chi connectivity index (χ1v) is 9.95. The first-order chi connectivity index (χ1) is 15.2. The predicted octanol–water partition coefficient (Wildman–Crippen LogP) is 0.512. The summed E-state index contributed by atoms with van der Waals surface area (Å²) in [7, 11) is 0. The number of imidazole rings is 1. The van der Waals surface area contributed by atoms with Crippen LogP contribution in [0.2, 0.25) is 0 Å². The summed E-state index contributed by atoms with van der Waals surface area (Å²) in [5.74, 6) is 0.385. The number of hydrogen-bond acceptors (Lipinski definition) is 9. The van der Waals surface area contributed by atoms with Crippen LogP contribution in [0.25, 0.3) is 11.2 Å². The lowest BCUT2D eigenvalue weighted by Gasteiger charge is -2.09. The molecule has 0 spiro atoms. The van der Waals surface area contributed by atoms with E-state index in [-0.39, 0.29) is 11.9 Å². The number of H-pyrrole nitrogens is 1. The van der Waals surface area contributed by atoms with Gasteiger partial charge < -0.3 is 36.0 Å². The molecule has 0 aliphatic rings. The minimum absolute atomic E-state index is 0.0692. The highest BCUT2D eigenvalue weighted by molar-refractivity contribution is 5.76. The van der Waals surface area contributed by atoms with Gasteiger partial charge in [-0.2, -0.15) is 9.97 Å². The molecule has 3 aromatic rings. The first kappa shape index (κ1) is 22.4. The summed E-state index contributed by atoms with van der Waals surface area (Å²) >= 11 is 0. The van der Waals surface area contributed by atoms with Crippen LogP contribution in [0.3, 0.4) is 0 Å². The maximum atomic E-state index is 11.9. The first-order valence-electron chi connectivity index (χ1n) is 9.95. The minimum Gasteiger partial charge on any atom is -0.471 e. The summed E-state index contributed by atoms with van der Waals surface area (Å²) in [6, 6.07) is 7.73. The Kier molecular flexibility index (Phi) is 8.52. The summed E-state index contributed by atoms with van der Waals surface area (Å²) in [5.41, 5.74) is 14.0. The zero-order valence-corrected chi connectivity index (χ0v) is 17.2. The standard InChI is InChI=1S/C20H27N7O4/c21-6-8-30-10-9-29-7-5-16(28)23-11-14-1-3-15(4-2-14)12-31-19-17-18(25-13-24-17)26-20(22)27-19/h1-4,13H,5-12,21H2,(H,23,28)(H3,22,24,25,26,27). The van der Waals surface area contributed by atoms with Crippen LogP contribution in [0.15, 0.2) is 30.6 Å². The molecule has 0 bridgehead atoms. The molecule has 0 aliphatic carbocycles. The van der Waals surface area contributed by atoms with E-state index >= 15 is 0 Å². The molecule has 1 aromatic carbocycles. The van der Waals surface area contributed by atoms with E-state index in [4.69, 9.17) is 25.7 Å². The van der Waals surface area contributed by atoms with Gasteiger partial charge in [0.15, 0.2) is 5.65 Å². The molecule has 0 radical (unpaired) electrons. The smallest absolute Gasteiger partial charge is 0.245 e. The Morgan fingerprint density at radius 3 is 2.55 bits per heavy atom. The average molecular weight is 429 g/mol. The number of nitrogens with two attached hydrogens (primary N) is 2. The number of aromatic amines is 1. The van der Waals surface area contributed by atoms with E-state index in [1.54, 1.807) is 0 Å². The molecular formula is C20H27N7O4.